The highest BCUT2D eigenvalue weighted by Gasteiger charge is 2.08. The monoisotopic (exact) mass is 412 g/mol. The van der Waals surface area contributed by atoms with Crippen LogP contribution in [-0.2, 0) is 14.8 Å². The van der Waals surface area contributed by atoms with Gasteiger partial charge in [-0.15, -0.1) is 0 Å². The molecule has 1 heterocycles. The normalized spacial score (nSPS) is 11.6. The van der Waals surface area contributed by atoms with Gasteiger partial charge in [-0.2, -0.15) is 11.3 Å². The lowest BCUT2D eigenvalue weighted by Gasteiger charge is -2.07. The summed E-state index contributed by atoms with van der Waals surface area (Å²) in [4.78, 5) is 12.1. The number of carbonyl (C=O) groups is 1. The summed E-state index contributed by atoms with van der Waals surface area (Å²) < 4.78 is 26.4. The van der Waals surface area contributed by atoms with Crippen molar-refractivity contribution in [1.29, 1.82) is 0 Å². The molecule has 1 aromatic heterocycles. The fraction of sp³-hybridized carbons (Fsp3) is 0.0952. The Morgan fingerprint density at radius 2 is 1.82 bits per heavy atom. The van der Waals surface area contributed by atoms with E-state index in [1.165, 1.54) is 6.08 Å². The van der Waals surface area contributed by atoms with Gasteiger partial charge in [-0.1, -0.05) is 42.5 Å². The van der Waals surface area contributed by atoms with E-state index in [4.69, 9.17) is 0 Å². The van der Waals surface area contributed by atoms with Gasteiger partial charge in [-0.25, -0.2) is 13.1 Å². The number of benzene rings is 2. The first-order valence-electron chi connectivity index (χ1n) is 8.67. The summed E-state index contributed by atoms with van der Waals surface area (Å²) in [5.41, 5.74) is 3.58. The van der Waals surface area contributed by atoms with Crippen molar-refractivity contribution in [2.24, 2.45) is 0 Å². The Kier molecular flexibility index (Phi) is 6.76. The molecule has 0 aliphatic carbocycles. The van der Waals surface area contributed by atoms with Crippen LogP contribution in [0, 0.1) is 0 Å². The highest BCUT2D eigenvalue weighted by molar-refractivity contribution is 7.92. The second-order valence-corrected chi connectivity index (χ2v) is 8.47. The molecule has 0 fully saturated rings. The summed E-state index contributed by atoms with van der Waals surface area (Å²) in [5, 5.41) is 7.94. The van der Waals surface area contributed by atoms with Gasteiger partial charge in [0.1, 0.15) is 0 Å². The Labute approximate surface area is 168 Å². The van der Waals surface area contributed by atoms with E-state index in [9.17, 15) is 13.2 Å². The number of anilines is 1. The molecule has 0 aliphatic rings. The van der Waals surface area contributed by atoms with Gasteiger partial charge in [0.05, 0.1) is 0 Å². The smallest absolute Gasteiger partial charge is 0.233 e. The van der Waals surface area contributed by atoms with E-state index in [-0.39, 0.29) is 18.9 Å². The summed E-state index contributed by atoms with van der Waals surface area (Å²) in [6.45, 7) is 0.0253. The third-order valence-electron chi connectivity index (χ3n) is 3.90. The van der Waals surface area contributed by atoms with Crippen molar-refractivity contribution in [3.05, 3.63) is 82.4 Å². The largest absolute Gasteiger partial charge is 0.326 e. The van der Waals surface area contributed by atoms with Crippen LogP contribution in [-0.4, -0.2) is 20.9 Å². The summed E-state index contributed by atoms with van der Waals surface area (Å²) in [5.74, 6) is -0.253. The van der Waals surface area contributed by atoms with Crippen molar-refractivity contribution in [2.45, 2.75) is 6.42 Å². The molecule has 0 spiro atoms. The molecule has 2 N–H and O–H groups in total. The molecular weight excluding hydrogens is 392 g/mol. The minimum atomic E-state index is -3.59. The molecule has 0 aliphatic heterocycles. The lowest BCUT2D eigenvalue weighted by atomic mass is 10.1. The Hall–Kier alpha value is -2.74. The maximum Gasteiger partial charge on any atom is 0.233 e. The van der Waals surface area contributed by atoms with Gasteiger partial charge in [-0.3, -0.25) is 4.79 Å². The Morgan fingerprint density at radius 1 is 1.00 bits per heavy atom. The first-order chi connectivity index (χ1) is 13.5. The Balaban J connectivity index is 1.49. The highest BCUT2D eigenvalue weighted by Crippen LogP contribution is 2.24. The van der Waals surface area contributed by atoms with E-state index in [1.54, 1.807) is 17.4 Å². The van der Waals surface area contributed by atoms with Crippen molar-refractivity contribution < 1.29 is 13.2 Å². The first kappa shape index (κ1) is 20.0. The molecule has 0 saturated carbocycles. The molecule has 0 atom stereocenters. The third-order valence-corrected chi connectivity index (χ3v) is 5.68. The number of carbonyl (C=O) groups excluding carboxylic acids is 1. The average molecular weight is 413 g/mol. The van der Waals surface area contributed by atoms with Gasteiger partial charge in [-0.05, 0) is 51.7 Å². The molecule has 5 nitrogen and oxygen atoms in total. The Bertz CT molecular complexity index is 1040. The zero-order valence-corrected chi connectivity index (χ0v) is 16.7. The van der Waals surface area contributed by atoms with Crippen molar-refractivity contribution in [3.63, 3.8) is 0 Å². The maximum atomic E-state index is 12.1. The van der Waals surface area contributed by atoms with Crippen LogP contribution in [0.3, 0.4) is 0 Å². The van der Waals surface area contributed by atoms with Crippen LogP contribution in [0.4, 0.5) is 5.69 Å². The number of rotatable bonds is 8. The zero-order valence-electron chi connectivity index (χ0n) is 15.0. The molecule has 28 heavy (non-hydrogen) atoms. The number of thiophene rings is 1. The quantitative estimate of drug-likeness (QED) is 0.578. The summed E-state index contributed by atoms with van der Waals surface area (Å²) in [6.07, 6.45) is 1.55. The number of hydrogen-bond donors (Lipinski definition) is 2. The summed E-state index contributed by atoms with van der Waals surface area (Å²) >= 11 is 1.61. The minimum absolute atomic E-state index is 0.0253. The molecule has 144 valence electrons. The van der Waals surface area contributed by atoms with E-state index in [1.807, 2.05) is 65.4 Å². The van der Waals surface area contributed by atoms with Crippen LogP contribution in [0.5, 0.6) is 0 Å². The Morgan fingerprint density at radius 3 is 2.57 bits per heavy atom. The maximum absolute atomic E-state index is 12.1. The van der Waals surface area contributed by atoms with Gasteiger partial charge in [0, 0.05) is 24.1 Å². The van der Waals surface area contributed by atoms with Crippen molar-refractivity contribution in [2.75, 3.05) is 11.9 Å². The molecule has 3 rings (SSSR count). The van der Waals surface area contributed by atoms with E-state index >= 15 is 0 Å². The second kappa shape index (κ2) is 9.45. The van der Waals surface area contributed by atoms with E-state index in [0.29, 0.717) is 5.69 Å². The number of amides is 1. The van der Waals surface area contributed by atoms with Gasteiger partial charge < -0.3 is 5.32 Å². The molecule has 7 heteroatoms. The lowest BCUT2D eigenvalue weighted by molar-refractivity contribution is -0.116. The predicted octanol–water partition coefficient (Wildman–Crippen LogP) is 4.33. The zero-order chi connectivity index (χ0) is 19.8. The second-order valence-electron chi connectivity index (χ2n) is 6.04. The van der Waals surface area contributed by atoms with Crippen LogP contribution < -0.4 is 10.0 Å². The number of sulfonamides is 1. The SMILES string of the molecule is O=C(CCNS(=O)(=O)/C=C/c1ccccc1)Nc1cccc(-c2ccsc2)c1. The van der Waals surface area contributed by atoms with Crippen LogP contribution in [0.1, 0.15) is 12.0 Å². The van der Waals surface area contributed by atoms with Crippen LogP contribution in [0.2, 0.25) is 0 Å². The van der Waals surface area contributed by atoms with E-state index < -0.39 is 10.0 Å². The molecular formula is C21H20N2O3S2. The number of nitrogens with one attached hydrogen (secondary N) is 2. The minimum Gasteiger partial charge on any atom is -0.326 e. The number of hydrogen-bond acceptors (Lipinski definition) is 4. The molecule has 0 saturated heterocycles. The van der Waals surface area contributed by atoms with E-state index in [0.717, 1.165) is 22.1 Å². The predicted molar refractivity (Wildman–Crippen MR) is 115 cm³/mol. The topological polar surface area (TPSA) is 75.3 Å². The molecule has 0 radical (unpaired) electrons. The standard InChI is InChI=1S/C21H20N2O3S2/c24-21(23-20-8-4-7-18(15-20)19-10-13-27-16-19)9-12-22-28(25,26)14-11-17-5-2-1-3-6-17/h1-8,10-11,13-16,22H,9,12H2,(H,23,24)/b14-11+. The van der Waals surface area contributed by atoms with Gasteiger partial charge >= 0.3 is 0 Å². The van der Waals surface area contributed by atoms with Crippen molar-refractivity contribution in [3.8, 4) is 11.1 Å². The third kappa shape index (κ3) is 6.16. The molecule has 3 aromatic rings. The lowest BCUT2D eigenvalue weighted by Crippen LogP contribution is -2.26. The van der Waals surface area contributed by atoms with Crippen LogP contribution >= 0.6 is 11.3 Å². The fourth-order valence-corrected chi connectivity index (χ4v) is 4.00. The fourth-order valence-electron chi connectivity index (χ4n) is 2.52. The van der Waals surface area contributed by atoms with Gasteiger partial charge in [0.15, 0.2) is 0 Å². The van der Waals surface area contributed by atoms with Crippen LogP contribution in [0.15, 0.2) is 76.8 Å². The van der Waals surface area contributed by atoms with Crippen molar-refractivity contribution in [1.82, 2.24) is 4.72 Å². The summed E-state index contributed by atoms with van der Waals surface area (Å²) in [6, 6.07) is 18.7. The summed E-state index contributed by atoms with van der Waals surface area (Å²) in [7, 11) is -3.59. The van der Waals surface area contributed by atoms with Gasteiger partial charge in [0.25, 0.3) is 0 Å². The molecule has 2 aromatic carbocycles. The van der Waals surface area contributed by atoms with Gasteiger partial charge in [0.2, 0.25) is 15.9 Å². The van der Waals surface area contributed by atoms with Crippen molar-refractivity contribution >= 4 is 39.0 Å². The first-order valence-corrected chi connectivity index (χ1v) is 11.2. The average Bonchev–Trinajstić information content (AvgIpc) is 3.22. The van der Waals surface area contributed by atoms with Crippen LogP contribution in [0.25, 0.3) is 17.2 Å². The molecule has 1 amide bonds. The molecule has 0 unspecified atom stereocenters. The van der Waals surface area contributed by atoms with E-state index in [2.05, 4.69) is 10.0 Å². The highest BCUT2D eigenvalue weighted by atomic mass is 32.2. The molecule has 0 bridgehead atoms.